The summed E-state index contributed by atoms with van der Waals surface area (Å²) in [5, 5.41) is 3.07. The van der Waals surface area contributed by atoms with Crippen LogP contribution in [-0.4, -0.2) is 19.4 Å². The van der Waals surface area contributed by atoms with Gasteiger partial charge in [-0.1, -0.05) is 20.3 Å². The van der Waals surface area contributed by atoms with Crippen molar-refractivity contribution < 1.29 is 4.79 Å². The third kappa shape index (κ3) is 16.3. The Bertz CT molecular complexity index is 91.8. The lowest BCUT2D eigenvalue weighted by Gasteiger charge is -1.97. The SMILES string of the molecule is CC.CNCCCCCC(C)=O. The minimum absolute atomic E-state index is 0.310. The quantitative estimate of drug-likeness (QED) is 0.625. The molecule has 2 heteroatoms. The molecule has 0 saturated carbocycles. The Hall–Kier alpha value is -0.370. The molecule has 0 aromatic heterocycles. The van der Waals surface area contributed by atoms with Gasteiger partial charge in [-0.3, -0.25) is 0 Å². The van der Waals surface area contributed by atoms with Gasteiger partial charge in [0.15, 0.2) is 0 Å². The Balaban J connectivity index is 0. The van der Waals surface area contributed by atoms with E-state index in [1.54, 1.807) is 6.92 Å². The zero-order valence-corrected chi connectivity index (χ0v) is 8.94. The number of hydrogen-bond acceptors (Lipinski definition) is 2. The van der Waals surface area contributed by atoms with E-state index in [1.165, 1.54) is 12.8 Å². The largest absolute Gasteiger partial charge is 0.320 e. The highest BCUT2D eigenvalue weighted by Crippen LogP contribution is 1.98. The molecule has 0 amide bonds. The lowest BCUT2D eigenvalue weighted by Crippen LogP contribution is -2.07. The molecule has 0 rings (SSSR count). The first-order chi connectivity index (χ1) is 5.77. The molecule has 0 unspecified atom stereocenters. The highest BCUT2D eigenvalue weighted by atomic mass is 16.1. The van der Waals surface area contributed by atoms with Gasteiger partial charge < -0.3 is 10.1 Å². The van der Waals surface area contributed by atoms with Crippen molar-refractivity contribution in [1.82, 2.24) is 5.32 Å². The number of carbonyl (C=O) groups excluding carboxylic acids is 1. The van der Waals surface area contributed by atoms with Crippen LogP contribution in [0.25, 0.3) is 0 Å². The lowest BCUT2D eigenvalue weighted by atomic mass is 10.1. The Kier molecular flexibility index (Phi) is 15.6. The molecule has 0 aliphatic carbocycles. The summed E-state index contributed by atoms with van der Waals surface area (Å²) in [6.07, 6.45) is 4.16. The second kappa shape index (κ2) is 13.2. The van der Waals surface area contributed by atoms with Gasteiger partial charge >= 0.3 is 0 Å². The van der Waals surface area contributed by atoms with Crippen LogP contribution in [0.2, 0.25) is 0 Å². The normalized spacial score (nSPS) is 8.67. The zero-order chi connectivity index (χ0) is 9.82. The molecule has 0 atom stereocenters. The fourth-order valence-electron chi connectivity index (χ4n) is 0.852. The van der Waals surface area contributed by atoms with E-state index < -0.39 is 0 Å². The average Bonchev–Trinajstić information content (AvgIpc) is 2.07. The fraction of sp³-hybridized carbons (Fsp3) is 0.900. The molecular formula is C10H23NO. The Morgan fingerprint density at radius 1 is 1.17 bits per heavy atom. The predicted octanol–water partition coefficient (Wildman–Crippen LogP) is 2.38. The van der Waals surface area contributed by atoms with E-state index >= 15 is 0 Å². The van der Waals surface area contributed by atoms with Gasteiger partial charge in [-0.2, -0.15) is 0 Å². The van der Waals surface area contributed by atoms with Crippen LogP contribution in [0, 0.1) is 0 Å². The van der Waals surface area contributed by atoms with Crippen LogP contribution in [0.5, 0.6) is 0 Å². The van der Waals surface area contributed by atoms with E-state index in [-0.39, 0.29) is 0 Å². The maximum Gasteiger partial charge on any atom is 0.129 e. The molecule has 0 heterocycles. The molecule has 0 fully saturated rings. The van der Waals surface area contributed by atoms with E-state index in [2.05, 4.69) is 5.32 Å². The molecule has 0 aliphatic heterocycles. The number of nitrogens with one attached hydrogen (secondary N) is 1. The summed E-state index contributed by atoms with van der Waals surface area (Å²) >= 11 is 0. The summed E-state index contributed by atoms with van der Waals surface area (Å²) < 4.78 is 0. The van der Waals surface area contributed by atoms with Gasteiger partial charge in [0.25, 0.3) is 0 Å². The van der Waals surface area contributed by atoms with Gasteiger partial charge in [0.1, 0.15) is 5.78 Å². The molecule has 0 bridgehead atoms. The van der Waals surface area contributed by atoms with E-state index in [1.807, 2.05) is 20.9 Å². The standard InChI is InChI=1S/C8H17NO.C2H6/c1-8(10)6-4-3-5-7-9-2;1-2/h9H,3-7H2,1-2H3;1-2H3. The minimum Gasteiger partial charge on any atom is -0.320 e. The van der Waals surface area contributed by atoms with Gasteiger partial charge in [-0.05, 0) is 33.4 Å². The van der Waals surface area contributed by atoms with Crippen LogP contribution in [0.15, 0.2) is 0 Å². The van der Waals surface area contributed by atoms with Crippen LogP contribution in [0.1, 0.15) is 46.5 Å². The van der Waals surface area contributed by atoms with Gasteiger partial charge in [0.2, 0.25) is 0 Å². The van der Waals surface area contributed by atoms with Crippen LogP contribution in [-0.2, 0) is 4.79 Å². The summed E-state index contributed by atoms with van der Waals surface area (Å²) in [7, 11) is 1.95. The number of hydrogen-bond donors (Lipinski definition) is 1. The minimum atomic E-state index is 0.310. The highest BCUT2D eigenvalue weighted by molar-refractivity contribution is 5.75. The maximum atomic E-state index is 10.5. The monoisotopic (exact) mass is 173 g/mol. The van der Waals surface area contributed by atoms with E-state index in [4.69, 9.17) is 0 Å². The van der Waals surface area contributed by atoms with E-state index in [0.29, 0.717) is 5.78 Å². The van der Waals surface area contributed by atoms with Crippen molar-refractivity contribution in [2.75, 3.05) is 13.6 Å². The van der Waals surface area contributed by atoms with Crippen molar-refractivity contribution in [3.05, 3.63) is 0 Å². The third-order valence-corrected chi connectivity index (χ3v) is 1.46. The number of Topliss-reactive ketones (excluding diaryl/α,β-unsaturated/α-hetero) is 1. The maximum absolute atomic E-state index is 10.5. The number of unbranched alkanes of at least 4 members (excludes halogenated alkanes) is 2. The molecule has 0 spiro atoms. The molecule has 0 aromatic carbocycles. The summed E-state index contributed by atoms with van der Waals surface area (Å²) in [6.45, 7) is 6.72. The van der Waals surface area contributed by atoms with Gasteiger partial charge in [0, 0.05) is 6.42 Å². The van der Waals surface area contributed by atoms with Crippen molar-refractivity contribution in [2.45, 2.75) is 46.5 Å². The van der Waals surface area contributed by atoms with Gasteiger partial charge in [-0.15, -0.1) is 0 Å². The topological polar surface area (TPSA) is 29.1 Å². The lowest BCUT2D eigenvalue weighted by molar-refractivity contribution is -0.117. The molecule has 74 valence electrons. The second-order valence-electron chi connectivity index (χ2n) is 2.62. The molecule has 0 saturated heterocycles. The number of ketones is 1. The van der Waals surface area contributed by atoms with Gasteiger partial charge in [-0.25, -0.2) is 0 Å². The van der Waals surface area contributed by atoms with Crippen molar-refractivity contribution in [3.8, 4) is 0 Å². The van der Waals surface area contributed by atoms with E-state index in [0.717, 1.165) is 19.4 Å². The Morgan fingerprint density at radius 3 is 2.17 bits per heavy atom. The molecule has 2 nitrogen and oxygen atoms in total. The summed E-state index contributed by atoms with van der Waals surface area (Å²) in [5.74, 6) is 0.310. The summed E-state index contributed by atoms with van der Waals surface area (Å²) in [4.78, 5) is 10.5. The first-order valence-electron chi connectivity index (χ1n) is 4.91. The summed E-state index contributed by atoms with van der Waals surface area (Å²) in [5.41, 5.74) is 0. The molecule has 12 heavy (non-hydrogen) atoms. The average molecular weight is 173 g/mol. The predicted molar refractivity (Wildman–Crippen MR) is 54.4 cm³/mol. The van der Waals surface area contributed by atoms with Crippen LogP contribution < -0.4 is 5.32 Å². The molecule has 0 aliphatic rings. The Morgan fingerprint density at radius 2 is 1.75 bits per heavy atom. The van der Waals surface area contributed by atoms with Crippen molar-refractivity contribution in [3.63, 3.8) is 0 Å². The second-order valence-corrected chi connectivity index (χ2v) is 2.62. The smallest absolute Gasteiger partial charge is 0.129 e. The number of rotatable bonds is 6. The first kappa shape index (κ1) is 14.2. The first-order valence-corrected chi connectivity index (χ1v) is 4.91. The zero-order valence-electron chi connectivity index (χ0n) is 8.94. The molecular weight excluding hydrogens is 150 g/mol. The number of carbonyl (C=O) groups is 1. The summed E-state index contributed by atoms with van der Waals surface area (Å²) in [6, 6.07) is 0. The van der Waals surface area contributed by atoms with E-state index in [9.17, 15) is 4.79 Å². The molecule has 0 aromatic rings. The van der Waals surface area contributed by atoms with Gasteiger partial charge in [0.05, 0.1) is 0 Å². The highest BCUT2D eigenvalue weighted by Gasteiger charge is 1.92. The third-order valence-electron chi connectivity index (χ3n) is 1.46. The fourth-order valence-corrected chi connectivity index (χ4v) is 0.852. The molecule has 1 N–H and O–H groups in total. The molecule has 0 radical (unpaired) electrons. The van der Waals surface area contributed by atoms with Crippen molar-refractivity contribution in [1.29, 1.82) is 0 Å². The van der Waals surface area contributed by atoms with Crippen LogP contribution in [0.3, 0.4) is 0 Å². The van der Waals surface area contributed by atoms with Crippen molar-refractivity contribution in [2.24, 2.45) is 0 Å². The van der Waals surface area contributed by atoms with Crippen LogP contribution in [0.4, 0.5) is 0 Å². The Labute approximate surface area is 76.7 Å². The van der Waals surface area contributed by atoms with Crippen molar-refractivity contribution >= 4 is 5.78 Å². The van der Waals surface area contributed by atoms with Crippen LogP contribution >= 0.6 is 0 Å².